The van der Waals surface area contributed by atoms with Gasteiger partial charge in [-0.2, -0.15) is 0 Å². The van der Waals surface area contributed by atoms with Crippen LogP contribution >= 0.6 is 27.5 Å². The standard InChI is InChI=1S/C23H25BrClFN2O3S/c1-5-9-18(27-32(31)22(2,3)4)23(14-10-7-6-8-11-14)13-15-17(28(23)21(29)30)12-16(26)20(25)19(15)24/h5-8,10-12,18,27H,1,9,13H2,2-4H3,(H,29,30)/t18-,23?,32+/m0/s1. The van der Waals surface area contributed by atoms with Crippen LogP contribution in [0.3, 0.4) is 0 Å². The average Bonchev–Trinajstić information content (AvgIpc) is 3.08. The molecule has 0 bridgehead atoms. The number of benzene rings is 2. The molecule has 1 aliphatic rings. The van der Waals surface area contributed by atoms with Gasteiger partial charge in [0.2, 0.25) is 0 Å². The first-order valence-electron chi connectivity index (χ1n) is 9.99. The Labute approximate surface area is 204 Å². The van der Waals surface area contributed by atoms with E-state index in [1.54, 1.807) is 6.08 Å². The van der Waals surface area contributed by atoms with E-state index in [-0.39, 0.29) is 17.1 Å². The molecule has 0 saturated carbocycles. The van der Waals surface area contributed by atoms with Gasteiger partial charge in [0.1, 0.15) is 16.1 Å². The van der Waals surface area contributed by atoms with Crippen molar-refractivity contribution in [1.29, 1.82) is 0 Å². The lowest BCUT2D eigenvalue weighted by Gasteiger charge is -2.44. The molecule has 2 aromatic carbocycles. The lowest BCUT2D eigenvalue weighted by atomic mass is 9.78. The van der Waals surface area contributed by atoms with Crippen molar-refractivity contribution in [2.24, 2.45) is 0 Å². The molecule has 0 saturated heterocycles. The predicted octanol–water partition coefficient (Wildman–Crippen LogP) is 6.17. The smallest absolute Gasteiger partial charge is 0.412 e. The first-order chi connectivity index (χ1) is 14.9. The molecule has 0 aliphatic carbocycles. The normalized spacial score (nSPS) is 20.0. The molecule has 3 rings (SSSR count). The molecular formula is C23H25BrClFN2O3S. The van der Waals surface area contributed by atoms with Gasteiger partial charge in [-0.15, -0.1) is 11.3 Å². The number of halogens is 3. The van der Waals surface area contributed by atoms with Crippen LogP contribution in [0.5, 0.6) is 0 Å². The van der Waals surface area contributed by atoms with Crippen molar-refractivity contribution in [3.05, 3.63) is 75.5 Å². The Morgan fingerprint density at radius 1 is 1.47 bits per heavy atom. The predicted molar refractivity (Wildman–Crippen MR) is 131 cm³/mol. The molecule has 0 fully saturated rings. The van der Waals surface area contributed by atoms with Gasteiger partial charge in [0.15, 0.2) is 0 Å². The molecule has 1 aliphatic heterocycles. The van der Waals surface area contributed by atoms with Crippen LogP contribution in [0.1, 0.15) is 38.3 Å². The highest BCUT2D eigenvalue weighted by atomic mass is 79.9. The first-order valence-corrected chi connectivity index (χ1v) is 12.3. The van der Waals surface area contributed by atoms with Crippen molar-refractivity contribution < 1.29 is 18.8 Å². The molecule has 2 N–H and O–H groups in total. The van der Waals surface area contributed by atoms with Gasteiger partial charge < -0.3 is 9.66 Å². The van der Waals surface area contributed by atoms with E-state index in [0.29, 0.717) is 22.0 Å². The van der Waals surface area contributed by atoms with E-state index in [0.717, 1.165) is 6.07 Å². The number of carbonyl (C=O) groups is 1. The Balaban J connectivity index is 2.31. The van der Waals surface area contributed by atoms with E-state index in [2.05, 4.69) is 27.2 Å². The number of carboxylic acid groups (broad SMARTS) is 1. The zero-order valence-electron chi connectivity index (χ0n) is 18.0. The van der Waals surface area contributed by atoms with Crippen LogP contribution in [0.4, 0.5) is 14.9 Å². The third-order valence-electron chi connectivity index (χ3n) is 5.58. The van der Waals surface area contributed by atoms with Crippen LogP contribution in [0.2, 0.25) is 5.02 Å². The number of hydrogen-bond acceptors (Lipinski definition) is 3. The summed E-state index contributed by atoms with van der Waals surface area (Å²) in [6.45, 7) is 9.34. The van der Waals surface area contributed by atoms with Crippen LogP contribution in [-0.4, -0.2) is 26.5 Å². The Morgan fingerprint density at radius 3 is 2.62 bits per heavy atom. The number of hydrogen-bond donors (Lipinski definition) is 2. The van der Waals surface area contributed by atoms with E-state index in [4.69, 9.17) is 11.6 Å². The third kappa shape index (κ3) is 4.31. The van der Waals surface area contributed by atoms with E-state index < -0.39 is 39.6 Å². The summed E-state index contributed by atoms with van der Waals surface area (Å²) < 4.78 is 30.6. The molecule has 32 heavy (non-hydrogen) atoms. The minimum absolute atomic E-state index is 0.107. The average molecular weight is 544 g/mol. The highest BCUT2D eigenvalue weighted by Crippen LogP contribution is 2.52. The lowest BCUT2D eigenvalue weighted by Crippen LogP contribution is -2.62. The molecule has 1 heterocycles. The Hall–Kier alpha value is -1.58. The fraction of sp³-hybridized carbons (Fsp3) is 0.348. The summed E-state index contributed by atoms with van der Waals surface area (Å²) in [5.41, 5.74) is 0.240. The minimum Gasteiger partial charge on any atom is -0.598 e. The summed E-state index contributed by atoms with van der Waals surface area (Å²) in [5, 5.41) is 10.2. The molecule has 0 aromatic heterocycles. The summed E-state index contributed by atoms with van der Waals surface area (Å²) in [6.07, 6.45) is 0.932. The number of nitrogens with zero attached hydrogens (tertiary/aromatic N) is 1. The Bertz CT molecular complexity index is 1030. The number of rotatable bonds is 6. The van der Waals surface area contributed by atoms with E-state index in [1.165, 1.54) is 4.90 Å². The summed E-state index contributed by atoms with van der Waals surface area (Å²) >= 11 is 8.00. The first kappa shape index (κ1) is 25.1. The SMILES string of the molecule is C=CC[C@H](N[S@+]([O-])C(C)(C)C)C1(c2ccccc2)Cc2c(cc(F)c(Cl)c2Br)N1C(=O)O. The maximum atomic E-state index is 14.6. The van der Waals surface area contributed by atoms with E-state index >= 15 is 0 Å². The topological polar surface area (TPSA) is 75.6 Å². The molecule has 1 amide bonds. The monoisotopic (exact) mass is 542 g/mol. The zero-order chi connectivity index (χ0) is 23.8. The largest absolute Gasteiger partial charge is 0.598 e. The number of amides is 1. The Morgan fingerprint density at radius 2 is 2.09 bits per heavy atom. The van der Waals surface area contributed by atoms with Crippen LogP contribution < -0.4 is 9.62 Å². The fourth-order valence-electron chi connectivity index (χ4n) is 4.08. The van der Waals surface area contributed by atoms with Gasteiger partial charge in [0.25, 0.3) is 0 Å². The van der Waals surface area contributed by atoms with Gasteiger partial charge in [0.05, 0.1) is 16.8 Å². The van der Waals surface area contributed by atoms with E-state index in [1.807, 2.05) is 51.1 Å². The second kappa shape index (κ2) is 9.35. The molecule has 3 atom stereocenters. The van der Waals surface area contributed by atoms with Crippen molar-refractivity contribution in [3.8, 4) is 0 Å². The molecule has 172 valence electrons. The van der Waals surface area contributed by atoms with Crippen molar-refractivity contribution >= 4 is 50.7 Å². The van der Waals surface area contributed by atoms with Crippen LogP contribution in [-0.2, 0) is 23.3 Å². The minimum atomic E-state index is -1.50. The van der Waals surface area contributed by atoms with Crippen molar-refractivity contribution in [2.45, 2.75) is 49.9 Å². The Kier molecular flexibility index (Phi) is 7.32. The number of fused-ring (bicyclic) bond motifs is 1. The summed E-state index contributed by atoms with van der Waals surface area (Å²) in [4.78, 5) is 13.8. The molecule has 9 heteroatoms. The molecule has 0 spiro atoms. The van der Waals surface area contributed by atoms with Gasteiger partial charge in [-0.1, -0.05) is 48.0 Å². The highest BCUT2D eigenvalue weighted by molar-refractivity contribution is 9.10. The van der Waals surface area contributed by atoms with Crippen LogP contribution in [0, 0.1) is 5.82 Å². The number of nitrogens with one attached hydrogen (secondary N) is 1. The second-order valence-electron chi connectivity index (χ2n) is 8.64. The second-order valence-corrected chi connectivity index (χ2v) is 11.8. The van der Waals surface area contributed by atoms with Crippen molar-refractivity contribution in [2.75, 3.05) is 4.90 Å². The van der Waals surface area contributed by atoms with Gasteiger partial charge >= 0.3 is 6.09 Å². The zero-order valence-corrected chi connectivity index (χ0v) is 21.2. The van der Waals surface area contributed by atoms with Gasteiger partial charge in [0, 0.05) is 22.3 Å². The van der Waals surface area contributed by atoms with E-state index in [9.17, 15) is 18.8 Å². The quantitative estimate of drug-likeness (QED) is 0.259. The fourth-order valence-corrected chi connectivity index (χ4v) is 5.68. The maximum absolute atomic E-state index is 14.6. The van der Waals surface area contributed by atoms with Crippen LogP contribution in [0.15, 0.2) is 53.5 Å². The van der Waals surface area contributed by atoms with Gasteiger partial charge in [-0.3, -0.25) is 4.90 Å². The third-order valence-corrected chi connectivity index (χ3v) is 8.66. The maximum Gasteiger partial charge on any atom is 0.412 e. The van der Waals surface area contributed by atoms with Crippen LogP contribution in [0.25, 0.3) is 0 Å². The molecule has 0 radical (unpaired) electrons. The molecular weight excluding hydrogens is 519 g/mol. The summed E-state index contributed by atoms with van der Waals surface area (Å²) in [7, 11) is 0. The molecule has 1 unspecified atom stereocenters. The number of anilines is 1. The summed E-state index contributed by atoms with van der Waals surface area (Å²) in [6, 6.07) is 9.63. The molecule has 5 nitrogen and oxygen atoms in total. The summed E-state index contributed by atoms with van der Waals surface area (Å²) in [5.74, 6) is -0.723. The molecule has 2 aromatic rings. The van der Waals surface area contributed by atoms with Gasteiger partial charge in [-0.05, 0) is 60.3 Å². The van der Waals surface area contributed by atoms with Crippen molar-refractivity contribution in [3.63, 3.8) is 0 Å². The highest BCUT2D eigenvalue weighted by Gasteiger charge is 2.56. The van der Waals surface area contributed by atoms with Gasteiger partial charge in [-0.25, -0.2) is 9.18 Å². The van der Waals surface area contributed by atoms with Crippen molar-refractivity contribution in [1.82, 2.24) is 4.72 Å². The lowest BCUT2D eigenvalue weighted by molar-refractivity contribution is 0.187.